The molecule has 3 heteroatoms. The first-order valence-electron chi connectivity index (χ1n) is 5.42. The van der Waals surface area contributed by atoms with Crippen LogP contribution in [0.15, 0.2) is 24.9 Å². The molecule has 0 amide bonds. The zero-order valence-corrected chi connectivity index (χ0v) is 9.95. The maximum absolute atomic E-state index is 4.39. The minimum absolute atomic E-state index is 0.0877. The smallest absolute Gasteiger partial charge is 0.0633 e. The Hall–Kier alpha value is -1.09. The highest BCUT2D eigenvalue weighted by Gasteiger charge is 2.21. The number of hydrogen-bond acceptors (Lipinski definition) is 2. The Morgan fingerprint density at radius 3 is 2.87 bits per heavy atom. The fourth-order valence-corrected chi connectivity index (χ4v) is 1.59. The predicted octanol–water partition coefficient (Wildman–Crippen LogP) is 1.76. The number of aromatic nitrogens is 2. The summed E-state index contributed by atoms with van der Waals surface area (Å²) in [6.45, 7) is 10.2. The summed E-state index contributed by atoms with van der Waals surface area (Å²) in [5.74, 6) is 0. The Kier molecular flexibility index (Phi) is 4.09. The molecule has 0 aliphatic rings. The van der Waals surface area contributed by atoms with E-state index in [1.165, 1.54) is 0 Å². The third kappa shape index (κ3) is 3.51. The minimum atomic E-state index is 0.0877. The topological polar surface area (TPSA) is 29.9 Å². The number of rotatable bonds is 6. The van der Waals surface area contributed by atoms with Crippen LogP contribution in [0.2, 0.25) is 0 Å². The molecule has 1 rings (SSSR count). The molecule has 0 saturated carbocycles. The maximum Gasteiger partial charge on any atom is 0.0633 e. The fourth-order valence-electron chi connectivity index (χ4n) is 1.59. The lowest BCUT2D eigenvalue weighted by Crippen LogP contribution is -2.32. The van der Waals surface area contributed by atoms with E-state index < -0.39 is 0 Å². The summed E-state index contributed by atoms with van der Waals surface area (Å²) in [5.41, 5.74) is 1.21. The van der Waals surface area contributed by atoms with Gasteiger partial charge in [-0.3, -0.25) is 4.68 Å². The van der Waals surface area contributed by atoms with E-state index in [0.29, 0.717) is 0 Å². The standard InChI is InChI=1S/C12H21N3/c1-5-12(3,10-13-6-2)9-11-7-8-15(4)14-11/h5,7-8,13H,1,6,9-10H2,2-4H3. The van der Waals surface area contributed by atoms with Crippen LogP contribution in [0.25, 0.3) is 0 Å². The molecule has 3 nitrogen and oxygen atoms in total. The van der Waals surface area contributed by atoms with E-state index in [9.17, 15) is 0 Å². The molecule has 1 unspecified atom stereocenters. The number of aryl methyl sites for hydroxylation is 1. The summed E-state index contributed by atoms with van der Waals surface area (Å²) in [5, 5.41) is 7.75. The van der Waals surface area contributed by atoms with Crippen LogP contribution in [0.3, 0.4) is 0 Å². The van der Waals surface area contributed by atoms with Crippen molar-refractivity contribution in [2.45, 2.75) is 20.3 Å². The van der Waals surface area contributed by atoms with E-state index >= 15 is 0 Å². The molecule has 84 valence electrons. The average Bonchev–Trinajstić information content (AvgIpc) is 2.61. The Labute approximate surface area is 92.2 Å². The van der Waals surface area contributed by atoms with Crippen LogP contribution in [-0.4, -0.2) is 22.9 Å². The molecule has 1 aromatic rings. The van der Waals surface area contributed by atoms with Gasteiger partial charge < -0.3 is 5.32 Å². The monoisotopic (exact) mass is 207 g/mol. The first-order chi connectivity index (χ1) is 7.09. The zero-order chi connectivity index (χ0) is 11.3. The molecule has 1 heterocycles. The van der Waals surface area contributed by atoms with Gasteiger partial charge in [-0.2, -0.15) is 5.10 Å². The molecule has 1 aromatic heterocycles. The van der Waals surface area contributed by atoms with Gasteiger partial charge in [0.25, 0.3) is 0 Å². The molecule has 0 aromatic carbocycles. The van der Waals surface area contributed by atoms with Gasteiger partial charge in [-0.25, -0.2) is 0 Å². The Morgan fingerprint density at radius 2 is 2.40 bits per heavy atom. The maximum atomic E-state index is 4.39. The van der Waals surface area contributed by atoms with Gasteiger partial charge in [-0.15, -0.1) is 6.58 Å². The van der Waals surface area contributed by atoms with Crippen molar-refractivity contribution in [2.75, 3.05) is 13.1 Å². The Morgan fingerprint density at radius 1 is 1.67 bits per heavy atom. The Balaban J connectivity index is 2.63. The summed E-state index contributed by atoms with van der Waals surface area (Å²) < 4.78 is 1.84. The second kappa shape index (κ2) is 5.12. The lowest BCUT2D eigenvalue weighted by atomic mass is 9.85. The summed E-state index contributed by atoms with van der Waals surface area (Å²) in [7, 11) is 1.94. The van der Waals surface area contributed by atoms with Crippen molar-refractivity contribution in [3.05, 3.63) is 30.6 Å². The first-order valence-corrected chi connectivity index (χ1v) is 5.42. The number of nitrogens with zero attached hydrogens (tertiary/aromatic N) is 2. The second-order valence-corrected chi connectivity index (χ2v) is 4.30. The molecule has 0 aliphatic carbocycles. The van der Waals surface area contributed by atoms with E-state index in [-0.39, 0.29) is 5.41 Å². The third-order valence-corrected chi connectivity index (χ3v) is 2.63. The molecule has 0 fully saturated rings. The summed E-state index contributed by atoms with van der Waals surface area (Å²) >= 11 is 0. The predicted molar refractivity (Wildman–Crippen MR) is 63.8 cm³/mol. The fraction of sp³-hybridized carbons (Fsp3) is 0.583. The van der Waals surface area contributed by atoms with Gasteiger partial charge >= 0.3 is 0 Å². The van der Waals surface area contributed by atoms with Crippen molar-refractivity contribution in [1.82, 2.24) is 15.1 Å². The van der Waals surface area contributed by atoms with Crippen LogP contribution in [0.1, 0.15) is 19.5 Å². The largest absolute Gasteiger partial charge is 0.316 e. The number of hydrogen-bond donors (Lipinski definition) is 1. The summed E-state index contributed by atoms with van der Waals surface area (Å²) in [4.78, 5) is 0. The highest BCUT2D eigenvalue weighted by atomic mass is 15.2. The van der Waals surface area contributed by atoms with Crippen molar-refractivity contribution in [2.24, 2.45) is 12.5 Å². The van der Waals surface area contributed by atoms with Crippen LogP contribution >= 0.6 is 0 Å². The van der Waals surface area contributed by atoms with E-state index in [0.717, 1.165) is 25.2 Å². The SMILES string of the molecule is C=CC(C)(CNCC)Cc1ccn(C)n1. The molecule has 0 bridgehead atoms. The zero-order valence-electron chi connectivity index (χ0n) is 9.95. The molecular formula is C12H21N3. The summed E-state index contributed by atoms with van der Waals surface area (Å²) in [6.07, 6.45) is 4.93. The highest BCUT2D eigenvalue weighted by Crippen LogP contribution is 2.21. The van der Waals surface area contributed by atoms with E-state index in [4.69, 9.17) is 0 Å². The van der Waals surface area contributed by atoms with Gasteiger partial charge in [0.1, 0.15) is 0 Å². The van der Waals surface area contributed by atoms with Crippen LogP contribution in [0.4, 0.5) is 0 Å². The minimum Gasteiger partial charge on any atom is -0.316 e. The van der Waals surface area contributed by atoms with Crippen molar-refractivity contribution >= 4 is 0 Å². The van der Waals surface area contributed by atoms with Crippen LogP contribution in [0, 0.1) is 5.41 Å². The van der Waals surface area contributed by atoms with Crippen molar-refractivity contribution < 1.29 is 0 Å². The molecule has 0 radical (unpaired) electrons. The van der Waals surface area contributed by atoms with Crippen LogP contribution < -0.4 is 5.32 Å². The van der Waals surface area contributed by atoms with Crippen molar-refractivity contribution in [1.29, 1.82) is 0 Å². The van der Waals surface area contributed by atoms with Gasteiger partial charge in [0, 0.05) is 31.6 Å². The van der Waals surface area contributed by atoms with Gasteiger partial charge in [0.15, 0.2) is 0 Å². The first kappa shape index (κ1) is 12.0. The molecular weight excluding hydrogens is 186 g/mol. The molecule has 0 saturated heterocycles. The van der Waals surface area contributed by atoms with E-state index in [1.807, 2.05) is 24.0 Å². The van der Waals surface area contributed by atoms with Gasteiger partial charge in [0.05, 0.1) is 5.69 Å². The van der Waals surface area contributed by atoms with Gasteiger partial charge in [0.2, 0.25) is 0 Å². The quantitative estimate of drug-likeness (QED) is 0.720. The molecule has 0 spiro atoms. The van der Waals surface area contributed by atoms with Crippen molar-refractivity contribution in [3.8, 4) is 0 Å². The molecule has 0 aliphatic heterocycles. The van der Waals surface area contributed by atoms with Crippen LogP contribution in [-0.2, 0) is 13.5 Å². The highest BCUT2D eigenvalue weighted by molar-refractivity contribution is 5.07. The van der Waals surface area contributed by atoms with E-state index in [2.05, 4.69) is 36.9 Å². The third-order valence-electron chi connectivity index (χ3n) is 2.63. The van der Waals surface area contributed by atoms with E-state index in [1.54, 1.807) is 0 Å². The summed E-state index contributed by atoms with van der Waals surface area (Å²) in [6, 6.07) is 2.06. The van der Waals surface area contributed by atoms with Gasteiger partial charge in [-0.1, -0.05) is 19.9 Å². The van der Waals surface area contributed by atoms with Crippen LogP contribution in [0.5, 0.6) is 0 Å². The molecule has 15 heavy (non-hydrogen) atoms. The Bertz CT molecular complexity index is 316. The molecule has 1 N–H and O–H groups in total. The molecule has 1 atom stereocenters. The lowest BCUT2D eigenvalue weighted by molar-refractivity contribution is 0.390. The average molecular weight is 207 g/mol. The number of nitrogens with one attached hydrogen (secondary N) is 1. The second-order valence-electron chi connectivity index (χ2n) is 4.30. The van der Waals surface area contributed by atoms with Crippen molar-refractivity contribution in [3.63, 3.8) is 0 Å². The normalized spacial score (nSPS) is 14.9. The van der Waals surface area contributed by atoms with Gasteiger partial charge in [-0.05, 0) is 12.6 Å². The lowest BCUT2D eigenvalue weighted by Gasteiger charge is -2.24.